The minimum absolute atomic E-state index is 0.192. The molecule has 0 saturated carbocycles. The molecular formula is C15H19N3O. The summed E-state index contributed by atoms with van der Waals surface area (Å²) in [7, 11) is 1.61. The molecule has 0 amide bonds. The third kappa shape index (κ3) is 4.05. The van der Waals surface area contributed by atoms with Gasteiger partial charge in [0.05, 0.1) is 7.11 Å². The second-order valence-electron chi connectivity index (χ2n) is 4.47. The molecule has 1 aromatic heterocycles. The molecule has 0 radical (unpaired) electrons. The van der Waals surface area contributed by atoms with Gasteiger partial charge in [-0.05, 0) is 24.0 Å². The van der Waals surface area contributed by atoms with Crippen LogP contribution in [0.3, 0.4) is 0 Å². The molecule has 2 aromatic rings. The van der Waals surface area contributed by atoms with Gasteiger partial charge in [-0.2, -0.15) is 0 Å². The average Bonchev–Trinajstić information content (AvgIpc) is 2.48. The fraction of sp³-hybridized carbons (Fsp3) is 0.267. The zero-order chi connectivity index (χ0) is 13.5. The summed E-state index contributed by atoms with van der Waals surface area (Å²) >= 11 is 0. The van der Waals surface area contributed by atoms with Gasteiger partial charge in [0.15, 0.2) is 0 Å². The number of aromatic nitrogens is 1. The Bertz CT molecular complexity index is 485. The summed E-state index contributed by atoms with van der Waals surface area (Å²) in [6.07, 6.45) is 3.56. The molecule has 1 unspecified atom stereocenters. The van der Waals surface area contributed by atoms with E-state index in [1.54, 1.807) is 7.11 Å². The van der Waals surface area contributed by atoms with E-state index in [1.165, 1.54) is 5.56 Å². The second-order valence-corrected chi connectivity index (χ2v) is 4.47. The van der Waals surface area contributed by atoms with Crippen molar-refractivity contribution in [1.82, 2.24) is 10.4 Å². The van der Waals surface area contributed by atoms with Gasteiger partial charge in [0.2, 0.25) is 5.88 Å². The Kier molecular flexibility index (Phi) is 4.89. The van der Waals surface area contributed by atoms with E-state index >= 15 is 0 Å². The highest BCUT2D eigenvalue weighted by Gasteiger charge is 2.09. The lowest BCUT2D eigenvalue weighted by Crippen LogP contribution is -2.38. The van der Waals surface area contributed by atoms with E-state index in [1.807, 2.05) is 36.5 Å². The molecule has 0 aliphatic heterocycles. The van der Waals surface area contributed by atoms with Crippen molar-refractivity contribution in [3.63, 3.8) is 0 Å². The smallest absolute Gasteiger partial charge is 0.212 e. The fourth-order valence-corrected chi connectivity index (χ4v) is 2.03. The normalized spacial score (nSPS) is 12.1. The maximum absolute atomic E-state index is 5.63. The van der Waals surface area contributed by atoms with Crippen LogP contribution in [-0.4, -0.2) is 18.1 Å². The highest BCUT2D eigenvalue weighted by atomic mass is 16.5. The molecule has 3 N–H and O–H groups in total. The Labute approximate surface area is 113 Å². The van der Waals surface area contributed by atoms with Gasteiger partial charge in [0.1, 0.15) is 0 Å². The van der Waals surface area contributed by atoms with Gasteiger partial charge in [0.25, 0.3) is 0 Å². The molecule has 4 nitrogen and oxygen atoms in total. The average molecular weight is 257 g/mol. The molecule has 1 atom stereocenters. The molecule has 0 aliphatic carbocycles. The summed E-state index contributed by atoms with van der Waals surface area (Å²) < 4.78 is 5.04. The zero-order valence-corrected chi connectivity index (χ0v) is 11.0. The monoisotopic (exact) mass is 257 g/mol. The summed E-state index contributed by atoms with van der Waals surface area (Å²) in [6, 6.07) is 14.4. The molecule has 19 heavy (non-hydrogen) atoms. The quantitative estimate of drug-likeness (QED) is 0.611. The Balaban J connectivity index is 1.98. The summed E-state index contributed by atoms with van der Waals surface area (Å²) in [5.41, 5.74) is 5.28. The van der Waals surface area contributed by atoms with Crippen LogP contribution in [0, 0.1) is 0 Å². The lowest BCUT2D eigenvalue weighted by atomic mass is 10.0. The Morgan fingerprint density at radius 2 is 1.84 bits per heavy atom. The van der Waals surface area contributed by atoms with E-state index in [0.29, 0.717) is 5.88 Å². The van der Waals surface area contributed by atoms with Crippen LogP contribution in [-0.2, 0) is 12.8 Å². The van der Waals surface area contributed by atoms with E-state index in [0.717, 1.165) is 18.4 Å². The fourth-order valence-electron chi connectivity index (χ4n) is 2.03. The largest absolute Gasteiger partial charge is 0.481 e. The van der Waals surface area contributed by atoms with E-state index in [4.69, 9.17) is 10.6 Å². The van der Waals surface area contributed by atoms with Crippen molar-refractivity contribution >= 4 is 0 Å². The van der Waals surface area contributed by atoms with Gasteiger partial charge >= 0.3 is 0 Å². The molecule has 2 rings (SSSR count). The first-order chi connectivity index (χ1) is 9.31. The summed E-state index contributed by atoms with van der Waals surface area (Å²) in [5.74, 6) is 6.26. The third-order valence-corrected chi connectivity index (χ3v) is 3.05. The number of ether oxygens (including phenoxy) is 1. The molecule has 0 aliphatic rings. The summed E-state index contributed by atoms with van der Waals surface area (Å²) in [5, 5.41) is 0. The minimum Gasteiger partial charge on any atom is -0.481 e. The number of hydrogen-bond acceptors (Lipinski definition) is 4. The topological polar surface area (TPSA) is 60.2 Å². The van der Waals surface area contributed by atoms with Crippen molar-refractivity contribution in [3.05, 3.63) is 59.8 Å². The first-order valence-corrected chi connectivity index (χ1v) is 6.31. The van der Waals surface area contributed by atoms with Crippen LogP contribution in [0.4, 0.5) is 0 Å². The van der Waals surface area contributed by atoms with Crippen LogP contribution in [0.15, 0.2) is 48.7 Å². The summed E-state index contributed by atoms with van der Waals surface area (Å²) in [6.45, 7) is 0. The Morgan fingerprint density at radius 3 is 2.42 bits per heavy atom. The first-order valence-electron chi connectivity index (χ1n) is 6.31. The molecule has 100 valence electrons. The van der Waals surface area contributed by atoms with Gasteiger partial charge in [-0.15, -0.1) is 0 Å². The predicted molar refractivity (Wildman–Crippen MR) is 75.8 cm³/mol. The van der Waals surface area contributed by atoms with Gasteiger partial charge in [0, 0.05) is 18.3 Å². The molecule has 4 heteroatoms. The summed E-state index contributed by atoms with van der Waals surface area (Å²) in [4.78, 5) is 4.20. The van der Waals surface area contributed by atoms with Crippen LogP contribution in [0.25, 0.3) is 0 Å². The standard InChI is InChI=1S/C15H19N3O/c1-19-15-8-7-13(11-17-15)10-14(18-16)9-12-5-3-2-4-6-12/h2-8,11,14,18H,9-10,16H2,1H3. The third-order valence-electron chi connectivity index (χ3n) is 3.05. The van der Waals surface area contributed by atoms with Crippen LogP contribution in [0.2, 0.25) is 0 Å². The van der Waals surface area contributed by atoms with Crippen LogP contribution < -0.4 is 16.0 Å². The Hall–Kier alpha value is -1.91. The van der Waals surface area contributed by atoms with Gasteiger partial charge in [-0.25, -0.2) is 4.98 Å². The van der Waals surface area contributed by atoms with Crippen LogP contribution in [0.5, 0.6) is 5.88 Å². The number of nitrogens with one attached hydrogen (secondary N) is 1. The van der Waals surface area contributed by atoms with E-state index in [-0.39, 0.29) is 6.04 Å². The van der Waals surface area contributed by atoms with Crippen molar-refractivity contribution in [2.45, 2.75) is 18.9 Å². The lowest BCUT2D eigenvalue weighted by Gasteiger charge is -2.16. The number of methoxy groups -OCH3 is 1. The van der Waals surface area contributed by atoms with Crippen LogP contribution in [0.1, 0.15) is 11.1 Å². The first kappa shape index (κ1) is 13.5. The number of hydrogen-bond donors (Lipinski definition) is 2. The maximum Gasteiger partial charge on any atom is 0.212 e. The van der Waals surface area contributed by atoms with Crippen molar-refractivity contribution in [1.29, 1.82) is 0 Å². The molecule has 1 heterocycles. The second kappa shape index (κ2) is 6.87. The Morgan fingerprint density at radius 1 is 1.11 bits per heavy atom. The molecule has 0 saturated heterocycles. The van der Waals surface area contributed by atoms with Crippen molar-refractivity contribution < 1.29 is 4.74 Å². The molecule has 0 spiro atoms. The van der Waals surface area contributed by atoms with Crippen molar-refractivity contribution in [3.8, 4) is 5.88 Å². The van der Waals surface area contributed by atoms with Gasteiger partial charge in [-0.1, -0.05) is 36.4 Å². The number of rotatable bonds is 6. The molecule has 0 bridgehead atoms. The molecule has 1 aromatic carbocycles. The number of nitrogens with zero attached hydrogens (tertiary/aromatic N) is 1. The minimum atomic E-state index is 0.192. The number of hydrazine groups is 1. The number of nitrogens with two attached hydrogens (primary N) is 1. The van der Waals surface area contributed by atoms with Gasteiger partial charge < -0.3 is 4.74 Å². The van der Waals surface area contributed by atoms with Crippen molar-refractivity contribution in [2.24, 2.45) is 5.84 Å². The number of benzene rings is 1. The van der Waals surface area contributed by atoms with Crippen LogP contribution >= 0.6 is 0 Å². The number of pyridine rings is 1. The highest BCUT2D eigenvalue weighted by molar-refractivity contribution is 5.20. The van der Waals surface area contributed by atoms with E-state index in [9.17, 15) is 0 Å². The highest BCUT2D eigenvalue weighted by Crippen LogP contribution is 2.11. The lowest BCUT2D eigenvalue weighted by molar-refractivity contribution is 0.397. The van der Waals surface area contributed by atoms with E-state index < -0.39 is 0 Å². The predicted octanol–water partition coefficient (Wildman–Crippen LogP) is 1.71. The molecular weight excluding hydrogens is 238 g/mol. The maximum atomic E-state index is 5.63. The molecule has 0 fully saturated rings. The van der Waals surface area contributed by atoms with Gasteiger partial charge in [-0.3, -0.25) is 11.3 Å². The van der Waals surface area contributed by atoms with E-state index in [2.05, 4.69) is 22.5 Å². The zero-order valence-electron chi connectivity index (χ0n) is 11.0. The SMILES string of the molecule is COc1ccc(CC(Cc2ccccc2)NN)cn1. The van der Waals surface area contributed by atoms with Crippen molar-refractivity contribution in [2.75, 3.05) is 7.11 Å².